The van der Waals surface area contributed by atoms with Crippen LogP contribution < -0.4 is 0 Å². The minimum Gasteiger partial charge on any atom is -0.480 e. The smallest absolute Gasteiger partial charge is 0.326 e. The number of amides is 1. The zero-order valence-electron chi connectivity index (χ0n) is 7.92. The van der Waals surface area contributed by atoms with E-state index in [9.17, 15) is 9.59 Å². The Morgan fingerprint density at radius 1 is 1.60 bits per heavy atom. The number of aromatic nitrogens is 1. The minimum atomic E-state index is -0.934. The van der Waals surface area contributed by atoms with Crippen LogP contribution in [0.25, 0.3) is 0 Å². The summed E-state index contributed by atoms with van der Waals surface area (Å²) >= 11 is 1.33. The number of aliphatic carboxylic acids is 1. The highest BCUT2D eigenvalue weighted by molar-refractivity contribution is 7.07. The summed E-state index contributed by atoms with van der Waals surface area (Å²) in [5.74, 6) is -1.21. The Morgan fingerprint density at radius 3 is 3.00 bits per heavy atom. The van der Waals surface area contributed by atoms with Crippen LogP contribution in [-0.2, 0) is 4.79 Å². The lowest BCUT2D eigenvalue weighted by Crippen LogP contribution is -2.40. The molecule has 1 aromatic rings. The Bertz CT molecular complexity index is 377. The second kappa shape index (κ2) is 3.98. The van der Waals surface area contributed by atoms with Crippen LogP contribution in [0.15, 0.2) is 10.9 Å². The molecule has 0 aliphatic carbocycles. The third kappa shape index (κ3) is 1.85. The van der Waals surface area contributed by atoms with Crippen molar-refractivity contribution in [2.45, 2.75) is 18.9 Å². The van der Waals surface area contributed by atoms with E-state index in [0.717, 1.165) is 6.42 Å². The first-order chi connectivity index (χ1) is 7.20. The van der Waals surface area contributed by atoms with Crippen molar-refractivity contribution in [1.29, 1.82) is 0 Å². The van der Waals surface area contributed by atoms with E-state index >= 15 is 0 Å². The van der Waals surface area contributed by atoms with Crippen LogP contribution >= 0.6 is 11.3 Å². The molecule has 0 spiro atoms. The first-order valence-electron chi connectivity index (χ1n) is 4.62. The highest BCUT2D eigenvalue weighted by Gasteiger charge is 2.34. The molecule has 1 amide bonds. The third-order valence-electron chi connectivity index (χ3n) is 2.45. The number of thiazole rings is 1. The molecular weight excluding hydrogens is 216 g/mol. The van der Waals surface area contributed by atoms with E-state index in [1.807, 2.05) is 0 Å². The summed E-state index contributed by atoms with van der Waals surface area (Å²) in [4.78, 5) is 28.0. The van der Waals surface area contributed by atoms with Gasteiger partial charge in [0.15, 0.2) is 0 Å². The van der Waals surface area contributed by atoms with Gasteiger partial charge in [0, 0.05) is 11.9 Å². The molecule has 6 heteroatoms. The number of carboxylic acids is 1. The number of rotatable bonds is 2. The molecule has 0 unspecified atom stereocenters. The van der Waals surface area contributed by atoms with E-state index in [-0.39, 0.29) is 5.91 Å². The van der Waals surface area contributed by atoms with Crippen molar-refractivity contribution in [3.8, 4) is 0 Å². The molecule has 1 atom stereocenters. The van der Waals surface area contributed by atoms with Crippen molar-refractivity contribution in [3.63, 3.8) is 0 Å². The maximum atomic E-state index is 11.8. The van der Waals surface area contributed by atoms with Crippen LogP contribution in [0.2, 0.25) is 0 Å². The Hall–Kier alpha value is -1.43. The van der Waals surface area contributed by atoms with Crippen molar-refractivity contribution in [2.24, 2.45) is 0 Å². The van der Waals surface area contributed by atoms with Crippen LogP contribution in [0.1, 0.15) is 23.3 Å². The molecule has 1 aliphatic rings. The molecule has 1 saturated heterocycles. The molecule has 2 heterocycles. The molecule has 1 fully saturated rings. The maximum absolute atomic E-state index is 11.8. The molecule has 0 radical (unpaired) electrons. The van der Waals surface area contributed by atoms with Gasteiger partial charge in [-0.25, -0.2) is 9.78 Å². The van der Waals surface area contributed by atoms with Gasteiger partial charge in [-0.2, -0.15) is 0 Å². The average molecular weight is 226 g/mol. The Kier molecular flexibility index (Phi) is 2.68. The Morgan fingerprint density at radius 2 is 2.40 bits per heavy atom. The Labute approximate surface area is 90.4 Å². The number of carbonyl (C=O) groups excluding carboxylic acids is 1. The highest BCUT2D eigenvalue weighted by Crippen LogP contribution is 2.20. The number of hydrogen-bond acceptors (Lipinski definition) is 4. The summed E-state index contributed by atoms with van der Waals surface area (Å²) in [6.45, 7) is 0.507. The molecule has 15 heavy (non-hydrogen) atoms. The lowest BCUT2D eigenvalue weighted by Gasteiger charge is -2.19. The fourth-order valence-electron chi connectivity index (χ4n) is 1.73. The third-order valence-corrected chi connectivity index (χ3v) is 3.04. The van der Waals surface area contributed by atoms with Gasteiger partial charge >= 0.3 is 5.97 Å². The van der Waals surface area contributed by atoms with E-state index in [0.29, 0.717) is 18.7 Å². The monoisotopic (exact) mass is 226 g/mol. The normalized spacial score (nSPS) is 20.5. The van der Waals surface area contributed by atoms with E-state index in [1.165, 1.54) is 16.2 Å². The molecule has 0 bridgehead atoms. The second-order valence-corrected chi connectivity index (χ2v) is 4.09. The van der Waals surface area contributed by atoms with E-state index in [4.69, 9.17) is 5.11 Å². The molecule has 0 saturated carbocycles. The number of likely N-dealkylation sites (tertiary alicyclic amines) is 1. The number of nitrogens with zero attached hydrogens (tertiary/aromatic N) is 2. The largest absolute Gasteiger partial charge is 0.480 e. The zero-order valence-corrected chi connectivity index (χ0v) is 8.74. The summed E-state index contributed by atoms with van der Waals surface area (Å²) in [5, 5.41) is 10.6. The maximum Gasteiger partial charge on any atom is 0.326 e. The summed E-state index contributed by atoms with van der Waals surface area (Å²) in [7, 11) is 0. The lowest BCUT2D eigenvalue weighted by atomic mass is 10.2. The first-order valence-corrected chi connectivity index (χ1v) is 5.56. The molecule has 80 valence electrons. The van der Waals surface area contributed by atoms with Crippen molar-refractivity contribution >= 4 is 23.2 Å². The summed E-state index contributed by atoms with van der Waals surface area (Å²) < 4.78 is 0. The second-order valence-electron chi connectivity index (χ2n) is 3.37. The first kappa shape index (κ1) is 10.1. The van der Waals surface area contributed by atoms with Crippen LogP contribution in [0.5, 0.6) is 0 Å². The molecule has 1 aliphatic heterocycles. The van der Waals surface area contributed by atoms with Gasteiger partial charge in [0.2, 0.25) is 0 Å². The zero-order chi connectivity index (χ0) is 10.8. The van der Waals surface area contributed by atoms with Gasteiger partial charge in [0.25, 0.3) is 5.91 Å². The predicted molar refractivity (Wildman–Crippen MR) is 53.8 cm³/mol. The van der Waals surface area contributed by atoms with Crippen molar-refractivity contribution in [1.82, 2.24) is 9.88 Å². The lowest BCUT2D eigenvalue weighted by molar-refractivity contribution is -0.141. The number of hydrogen-bond donors (Lipinski definition) is 1. The number of carbonyl (C=O) groups is 2. The van der Waals surface area contributed by atoms with E-state index in [2.05, 4.69) is 4.98 Å². The van der Waals surface area contributed by atoms with Gasteiger partial charge in [-0.1, -0.05) is 0 Å². The van der Waals surface area contributed by atoms with Crippen LogP contribution in [0.4, 0.5) is 0 Å². The van der Waals surface area contributed by atoms with Crippen LogP contribution in [0, 0.1) is 0 Å². The van der Waals surface area contributed by atoms with Crippen molar-refractivity contribution in [3.05, 3.63) is 16.6 Å². The van der Waals surface area contributed by atoms with Crippen molar-refractivity contribution in [2.75, 3.05) is 6.54 Å². The van der Waals surface area contributed by atoms with E-state index in [1.54, 1.807) is 10.9 Å². The topological polar surface area (TPSA) is 70.5 Å². The quantitative estimate of drug-likeness (QED) is 0.811. The van der Waals surface area contributed by atoms with Gasteiger partial charge in [0.05, 0.1) is 5.51 Å². The highest BCUT2D eigenvalue weighted by atomic mass is 32.1. The van der Waals surface area contributed by atoms with Crippen molar-refractivity contribution < 1.29 is 14.7 Å². The molecular formula is C9H10N2O3S. The molecule has 1 aromatic heterocycles. The SMILES string of the molecule is O=C(O)[C@@H]1CCCN1C(=O)c1cscn1. The fraction of sp³-hybridized carbons (Fsp3) is 0.444. The molecule has 1 N–H and O–H groups in total. The standard InChI is InChI=1S/C9H10N2O3S/c12-8(6-4-15-5-10-6)11-3-1-2-7(11)9(13)14/h4-5,7H,1-3H2,(H,13,14)/t7-/m0/s1. The van der Waals surface area contributed by atoms with Gasteiger partial charge in [-0.05, 0) is 12.8 Å². The predicted octanol–water partition coefficient (Wildman–Crippen LogP) is 0.832. The average Bonchev–Trinajstić information content (AvgIpc) is 2.88. The van der Waals surface area contributed by atoms with Crippen LogP contribution in [0.3, 0.4) is 0 Å². The van der Waals surface area contributed by atoms with E-state index < -0.39 is 12.0 Å². The number of carboxylic acid groups (broad SMARTS) is 1. The van der Waals surface area contributed by atoms with Gasteiger partial charge < -0.3 is 10.0 Å². The molecule has 2 rings (SSSR count). The van der Waals surface area contributed by atoms with Gasteiger partial charge in [-0.15, -0.1) is 11.3 Å². The summed E-state index contributed by atoms with van der Waals surface area (Å²) in [6, 6.07) is -0.681. The Balaban J connectivity index is 2.17. The summed E-state index contributed by atoms with van der Waals surface area (Å²) in [6.07, 6.45) is 1.28. The van der Waals surface area contributed by atoms with Gasteiger partial charge in [0.1, 0.15) is 11.7 Å². The minimum absolute atomic E-state index is 0.277. The molecule has 5 nitrogen and oxygen atoms in total. The fourth-order valence-corrected chi connectivity index (χ4v) is 2.26. The molecule has 0 aromatic carbocycles. The summed E-state index contributed by atoms with van der Waals surface area (Å²) in [5.41, 5.74) is 1.91. The van der Waals surface area contributed by atoms with Crippen LogP contribution in [-0.4, -0.2) is 39.5 Å². The van der Waals surface area contributed by atoms with Gasteiger partial charge in [-0.3, -0.25) is 4.79 Å².